The van der Waals surface area contributed by atoms with Gasteiger partial charge in [-0.3, -0.25) is 24.6 Å². The van der Waals surface area contributed by atoms with Gasteiger partial charge in [0.05, 0.1) is 0 Å². The Morgan fingerprint density at radius 3 is 2.16 bits per heavy atom. The van der Waals surface area contributed by atoms with Gasteiger partial charge in [-0.15, -0.1) is 11.8 Å². The zero-order valence-electron chi connectivity index (χ0n) is 16.8. The Labute approximate surface area is 193 Å². The maximum Gasteiger partial charge on any atom is 0.269 e. The average molecular weight is 473 g/mol. The summed E-state index contributed by atoms with van der Waals surface area (Å²) in [7, 11) is -0.998. The highest BCUT2D eigenvalue weighted by atomic mass is 35.5. The molecule has 0 aliphatic heterocycles. The molecular formula is C23H21ClN2O3S2. The predicted octanol–water partition coefficient (Wildman–Crippen LogP) is 4.59. The molecule has 3 aromatic carbocycles. The minimum absolute atomic E-state index is 0.371. The highest BCUT2D eigenvalue weighted by Gasteiger charge is 2.10. The van der Waals surface area contributed by atoms with Crippen molar-refractivity contribution >= 4 is 46.0 Å². The van der Waals surface area contributed by atoms with Crippen molar-refractivity contribution in [3.05, 3.63) is 100 Å². The molecule has 0 saturated carbocycles. The summed E-state index contributed by atoms with van der Waals surface area (Å²) in [4.78, 5) is 25.7. The fourth-order valence-electron chi connectivity index (χ4n) is 2.74. The molecule has 0 fully saturated rings. The van der Waals surface area contributed by atoms with Gasteiger partial charge < -0.3 is 0 Å². The number of hydrazine groups is 1. The average Bonchev–Trinajstić information content (AvgIpc) is 2.77. The first-order valence-corrected chi connectivity index (χ1v) is 12.5. The number of thioether (sulfide) groups is 1. The van der Waals surface area contributed by atoms with Gasteiger partial charge in [-0.25, -0.2) is 0 Å². The SMILES string of the molecule is CS(=O)Cc1cccc(C(=O)NNC(=O)c2ccc(CSc3ccc(Cl)cc3)cc2)c1. The van der Waals surface area contributed by atoms with Crippen molar-refractivity contribution in [1.29, 1.82) is 0 Å². The van der Waals surface area contributed by atoms with Crippen LogP contribution in [0.15, 0.2) is 77.7 Å². The molecule has 2 N–H and O–H groups in total. The summed E-state index contributed by atoms with van der Waals surface area (Å²) in [5.74, 6) is 0.291. The van der Waals surface area contributed by atoms with Crippen molar-refractivity contribution in [3.63, 3.8) is 0 Å². The normalized spacial score (nSPS) is 11.5. The number of benzene rings is 3. The monoisotopic (exact) mass is 472 g/mol. The molecule has 0 bridgehead atoms. The van der Waals surface area contributed by atoms with Gasteiger partial charge in [-0.2, -0.15) is 0 Å². The van der Waals surface area contributed by atoms with Gasteiger partial charge in [0.25, 0.3) is 11.8 Å². The number of rotatable bonds is 7. The molecule has 0 radical (unpaired) electrons. The number of carbonyl (C=O) groups is 2. The molecule has 31 heavy (non-hydrogen) atoms. The number of nitrogens with one attached hydrogen (secondary N) is 2. The zero-order chi connectivity index (χ0) is 22.2. The third-order valence-electron chi connectivity index (χ3n) is 4.28. The fraction of sp³-hybridized carbons (Fsp3) is 0.130. The molecule has 0 aliphatic carbocycles. The van der Waals surface area contributed by atoms with E-state index in [9.17, 15) is 13.8 Å². The van der Waals surface area contributed by atoms with Gasteiger partial charge in [-0.1, -0.05) is 35.9 Å². The molecule has 2 amide bonds. The largest absolute Gasteiger partial charge is 0.269 e. The van der Waals surface area contributed by atoms with Gasteiger partial charge in [0.1, 0.15) is 0 Å². The second-order valence-electron chi connectivity index (χ2n) is 6.77. The molecule has 3 aromatic rings. The molecular weight excluding hydrogens is 452 g/mol. The van der Waals surface area contributed by atoms with Crippen LogP contribution in [0.3, 0.4) is 0 Å². The van der Waals surface area contributed by atoms with E-state index in [0.717, 1.165) is 21.8 Å². The molecule has 0 aromatic heterocycles. The van der Waals surface area contributed by atoms with Gasteiger partial charge in [0.2, 0.25) is 0 Å². The van der Waals surface area contributed by atoms with E-state index in [-0.39, 0.29) is 0 Å². The van der Waals surface area contributed by atoms with E-state index in [0.29, 0.717) is 21.9 Å². The predicted molar refractivity (Wildman–Crippen MR) is 127 cm³/mol. The van der Waals surface area contributed by atoms with E-state index in [2.05, 4.69) is 10.9 Å². The smallest absolute Gasteiger partial charge is 0.267 e. The van der Waals surface area contributed by atoms with Crippen LogP contribution in [0.2, 0.25) is 5.02 Å². The first-order chi connectivity index (χ1) is 14.9. The molecule has 3 rings (SSSR count). The summed E-state index contributed by atoms with van der Waals surface area (Å²) < 4.78 is 11.4. The fourth-order valence-corrected chi connectivity index (χ4v) is 4.37. The lowest BCUT2D eigenvalue weighted by Crippen LogP contribution is -2.41. The van der Waals surface area contributed by atoms with E-state index in [1.165, 1.54) is 0 Å². The number of halogens is 1. The molecule has 1 atom stereocenters. The third-order valence-corrected chi connectivity index (χ3v) is 6.36. The maximum absolute atomic E-state index is 12.3. The van der Waals surface area contributed by atoms with Crippen LogP contribution < -0.4 is 10.9 Å². The molecule has 5 nitrogen and oxygen atoms in total. The molecule has 0 saturated heterocycles. The van der Waals surface area contributed by atoms with Crippen molar-refractivity contribution in [2.45, 2.75) is 16.4 Å². The standard InChI is InChI=1S/C23H21ClN2O3S2/c1-31(29)15-17-3-2-4-19(13-17)23(28)26-25-22(27)18-7-5-16(6-8-18)14-30-21-11-9-20(24)10-12-21/h2-13H,14-15H2,1H3,(H,25,27)(H,26,28). The Hall–Kier alpha value is -2.61. The van der Waals surface area contributed by atoms with E-state index >= 15 is 0 Å². The lowest BCUT2D eigenvalue weighted by atomic mass is 10.1. The van der Waals surface area contributed by atoms with Gasteiger partial charge in [0, 0.05) is 49.6 Å². The number of carbonyl (C=O) groups excluding carboxylic acids is 2. The Bertz CT molecular complexity index is 1090. The van der Waals surface area contributed by atoms with Crippen LogP contribution >= 0.6 is 23.4 Å². The van der Waals surface area contributed by atoms with Crippen molar-refractivity contribution in [3.8, 4) is 0 Å². The van der Waals surface area contributed by atoms with Crippen molar-refractivity contribution < 1.29 is 13.8 Å². The number of hydrogen-bond donors (Lipinski definition) is 2. The van der Waals surface area contributed by atoms with Crippen LogP contribution in [0.4, 0.5) is 0 Å². The van der Waals surface area contributed by atoms with Gasteiger partial charge >= 0.3 is 0 Å². The minimum atomic E-state index is -0.998. The second-order valence-corrected chi connectivity index (χ2v) is 9.69. The summed E-state index contributed by atoms with van der Waals surface area (Å²) in [6.07, 6.45) is 1.61. The molecule has 1 unspecified atom stereocenters. The Balaban J connectivity index is 1.51. The third kappa shape index (κ3) is 7.24. The van der Waals surface area contributed by atoms with Crippen molar-refractivity contribution in [1.82, 2.24) is 10.9 Å². The lowest BCUT2D eigenvalue weighted by Gasteiger charge is -2.09. The summed E-state index contributed by atoms with van der Waals surface area (Å²) in [5.41, 5.74) is 7.54. The van der Waals surface area contributed by atoms with Crippen LogP contribution in [0, 0.1) is 0 Å². The lowest BCUT2D eigenvalue weighted by molar-refractivity contribution is 0.0846. The Morgan fingerprint density at radius 1 is 0.871 bits per heavy atom. The molecule has 0 aliphatic rings. The molecule has 160 valence electrons. The maximum atomic E-state index is 12.3. The van der Waals surface area contributed by atoms with Crippen LogP contribution in [0.1, 0.15) is 31.8 Å². The van der Waals surface area contributed by atoms with Crippen LogP contribution in [0.25, 0.3) is 0 Å². The molecule has 0 heterocycles. The van der Waals surface area contributed by atoms with E-state index in [4.69, 9.17) is 11.6 Å². The summed E-state index contributed by atoms with van der Waals surface area (Å²) >= 11 is 7.57. The van der Waals surface area contributed by atoms with Crippen LogP contribution in [-0.4, -0.2) is 22.3 Å². The Kier molecular flexibility index (Phi) is 8.28. The number of amides is 2. The highest BCUT2D eigenvalue weighted by molar-refractivity contribution is 7.98. The topological polar surface area (TPSA) is 75.3 Å². The summed E-state index contributed by atoms with van der Waals surface area (Å²) in [5, 5.41) is 0.705. The molecule has 0 spiro atoms. The quantitative estimate of drug-likeness (QED) is 0.389. The van der Waals surface area contributed by atoms with E-state index in [1.54, 1.807) is 48.3 Å². The minimum Gasteiger partial charge on any atom is -0.267 e. The summed E-state index contributed by atoms with van der Waals surface area (Å²) in [6.45, 7) is 0. The zero-order valence-corrected chi connectivity index (χ0v) is 19.2. The van der Waals surface area contributed by atoms with Crippen LogP contribution in [-0.2, 0) is 22.3 Å². The van der Waals surface area contributed by atoms with Gasteiger partial charge in [0.15, 0.2) is 0 Å². The molecule has 8 heteroatoms. The van der Waals surface area contributed by atoms with Crippen molar-refractivity contribution in [2.24, 2.45) is 0 Å². The first-order valence-electron chi connectivity index (χ1n) is 9.37. The van der Waals surface area contributed by atoms with Crippen LogP contribution in [0.5, 0.6) is 0 Å². The van der Waals surface area contributed by atoms with E-state index < -0.39 is 22.6 Å². The first kappa shape index (κ1) is 23.1. The van der Waals surface area contributed by atoms with Gasteiger partial charge in [-0.05, 0) is 59.7 Å². The number of hydrogen-bond acceptors (Lipinski definition) is 4. The Morgan fingerprint density at radius 2 is 1.52 bits per heavy atom. The van der Waals surface area contributed by atoms with Crippen molar-refractivity contribution in [2.75, 3.05) is 6.26 Å². The van der Waals surface area contributed by atoms with E-state index in [1.807, 2.05) is 42.5 Å². The highest BCUT2D eigenvalue weighted by Crippen LogP contribution is 2.24. The second kappa shape index (κ2) is 11.1. The summed E-state index contributed by atoms with van der Waals surface area (Å²) in [6, 6.07) is 21.7.